The normalized spacial score (nSPS) is 10.4. The van der Waals surface area contributed by atoms with Crippen LogP contribution < -0.4 is 0 Å². The maximum Gasteiger partial charge on any atom is 0.160 e. The summed E-state index contributed by atoms with van der Waals surface area (Å²) < 4.78 is 5.14. The smallest absolute Gasteiger partial charge is 0.160 e. The summed E-state index contributed by atoms with van der Waals surface area (Å²) in [5, 5.41) is 0. The van der Waals surface area contributed by atoms with E-state index in [-0.39, 0.29) is 13.2 Å². The summed E-state index contributed by atoms with van der Waals surface area (Å²) in [5.74, 6) is 0.0735. The maximum atomic E-state index is 10.7. The Morgan fingerprint density at radius 1 is 1.50 bits per heavy atom. The Kier molecular flexibility index (Phi) is 5.48. The molecule has 62 valence electrons. The summed E-state index contributed by atoms with van der Waals surface area (Å²) in [6, 6.07) is 0. The van der Waals surface area contributed by atoms with Crippen molar-refractivity contribution in [2.45, 2.75) is 40.7 Å². The van der Waals surface area contributed by atoms with Crippen molar-refractivity contribution in [3.8, 4) is 0 Å². The van der Waals surface area contributed by atoms with Crippen molar-refractivity contribution in [2.75, 3.05) is 6.61 Å². The molecular formula is C8H18O2. The molecule has 0 aromatic rings. The van der Waals surface area contributed by atoms with E-state index in [4.69, 9.17) is 4.74 Å². The minimum absolute atomic E-state index is 0. The third-order valence-corrected chi connectivity index (χ3v) is 1.35. The van der Waals surface area contributed by atoms with Crippen molar-refractivity contribution in [1.29, 1.82) is 0 Å². The Hall–Kier alpha value is -0.370. The Bertz CT molecular complexity index is 106. The summed E-state index contributed by atoms with van der Waals surface area (Å²) in [4.78, 5) is 10.7. The number of carbonyl (C=O) groups excluding carboxylic acids is 1. The zero-order valence-electron chi connectivity index (χ0n) is 6.52. The van der Waals surface area contributed by atoms with Crippen molar-refractivity contribution in [1.82, 2.24) is 0 Å². The van der Waals surface area contributed by atoms with Gasteiger partial charge in [0, 0.05) is 6.61 Å². The summed E-state index contributed by atoms with van der Waals surface area (Å²) in [6.45, 7) is 7.56. The Labute approximate surface area is 63.6 Å². The van der Waals surface area contributed by atoms with Crippen molar-refractivity contribution in [3.63, 3.8) is 0 Å². The zero-order valence-corrected chi connectivity index (χ0v) is 6.52. The molecule has 0 saturated heterocycles. The fourth-order valence-corrected chi connectivity index (χ4v) is 0.462. The highest BCUT2D eigenvalue weighted by atomic mass is 16.5. The molecule has 0 aromatic carbocycles. The molecule has 0 heterocycles. The first-order valence-electron chi connectivity index (χ1n) is 3.15. The fraction of sp³-hybridized carbons (Fsp3) is 0.875. The van der Waals surface area contributed by atoms with E-state index < -0.39 is 5.60 Å². The largest absolute Gasteiger partial charge is 0.368 e. The molecule has 0 aliphatic rings. The molecule has 0 rings (SSSR count). The highest BCUT2D eigenvalue weighted by molar-refractivity contribution is 5.83. The van der Waals surface area contributed by atoms with Gasteiger partial charge in [0.05, 0.1) is 0 Å². The predicted molar refractivity (Wildman–Crippen MR) is 43.1 cm³/mol. The van der Waals surface area contributed by atoms with Crippen LogP contribution in [-0.2, 0) is 9.53 Å². The number of carbonyl (C=O) groups is 1. The Balaban J connectivity index is 0. The van der Waals surface area contributed by atoms with Crippen LogP contribution in [0.3, 0.4) is 0 Å². The van der Waals surface area contributed by atoms with Crippen LogP contribution in [-0.4, -0.2) is 18.0 Å². The Morgan fingerprint density at radius 3 is 2.00 bits per heavy atom. The number of hydrogen-bond acceptors (Lipinski definition) is 2. The van der Waals surface area contributed by atoms with E-state index in [0.29, 0.717) is 6.61 Å². The second kappa shape index (κ2) is 4.45. The average Bonchev–Trinajstić information content (AvgIpc) is 1.65. The molecule has 0 unspecified atom stereocenters. The third kappa shape index (κ3) is 3.62. The lowest BCUT2D eigenvalue weighted by Crippen LogP contribution is -2.32. The molecule has 0 aromatic heterocycles. The van der Waals surface area contributed by atoms with Gasteiger partial charge in [-0.2, -0.15) is 0 Å². The number of ether oxygens (including phenoxy) is 1. The quantitative estimate of drug-likeness (QED) is 0.609. The minimum atomic E-state index is -0.589. The predicted octanol–water partition coefficient (Wildman–Crippen LogP) is 2.03. The van der Waals surface area contributed by atoms with Crippen molar-refractivity contribution >= 4 is 5.78 Å². The second-order valence-corrected chi connectivity index (χ2v) is 2.50. The van der Waals surface area contributed by atoms with Crippen molar-refractivity contribution in [2.24, 2.45) is 0 Å². The first kappa shape index (κ1) is 12.3. The van der Waals surface area contributed by atoms with E-state index in [1.54, 1.807) is 13.8 Å². The Morgan fingerprint density at radius 2 is 1.90 bits per heavy atom. The number of hydrogen-bond donors (Lipinski definition) is 0. The van der Waals surface area contributed by atoms with Gasteiger partial charge in [-0.15, -0.1) is 0 Å². The molecule has 2 nitrogen and oxygen atoms in total. The van der Waals surface area contributed by atoms with E-state index in [2.05, 4.69) is 0 Å². The molecule has 2 heteroatoms. The molecule has 0 bridgehead atoms. The molecular weight excluding hydrogens is 128 g/mol. The first-order valence-corrected chi connectivity index (χ1v) is 3.15. The highest BCUT2D eigenvalue weighted by Gasteiger charge is 2.22. The number of Topliss-reactive ketones (excluding diaryl/α,β-unsaturated/α-hetero) is 1. The van der Waals surface area contributed by atoms with Crippen LogP contribution in [0.5, 0.6) is 0 Å². The van der Waals surface area contributed by atoms with E-state index in [0.717, 1.165) is 0 Å². The standard InChI is InChI=1S/C7H14O2.CH4/c1-5-9-7(3,4)6(2)8;/h5H2,1-4H3;1H4. The van der Waals surface area contributed by atoms with Crippen LogP contribution in [0.1, 0.15) is 35.1 Å². The monoisotopic (exact) mass is 146 g/mol. The zero-order chi connectivity index (χ0) is 7.49. The van der Waals surface area contributed by atoms with Gasteiger partial charge in [0.2, 0.25) is 0 Å². The van der Waals surface area contributed by atoms with Gasteiger partial charge in [0.25, 0.3) is 0 Å². The lowest BCUT2D eigenvalue weighted by atomic mass is 10.1. The molecule has 0 saturated carbocycles. The van der Waals surface area contributed by atoms with Crippen LogP contribution in [0.2, 0.25) is 0 Å². The molecule has 0 amide bonds. The molecule has 0 N–H and O–H groups in total. The van der Waals surface area contributed by atoms with E-state index >= 15 is 0 Å². The summed E-state index contributed by atoms with van der Waals surface area (Å²) >= 11 is 0. The number of ketones is 1. The summed E-state index contributed by atoms with van der Waals surface area (Å²) in [7, 11) is 0. The lowest BCUT2D eigenvalue weighted by Gasteiger charge is -2.20. The van der Waals surface area contributed by atoms with Gasteiger partial charge in [-0.3, -0.25) is 4.79 Å². The van der Waals surface area contributed by atoms with E-state index in [9.17, 15) is 4.79 Å². The van der Waals surface area contributed by atoms with Crippen LogP contribution in [0.4, 0.5) is 0 Å². The number of rotatable bonds is 3. The second-order valence-electron chi connectivity index (χ2n) is 2.50. The van der Waals surface area contributed by atoms with E-state index in [1.807, 2.05) is 6.92 Å². The van der Waals surface area contributed by atoms with Gasteiger partial charge in [0.1, 0.15) is 5.60 Å². The molecule has 0 atom stereocenters. The topological polar surface area (TPSA) is 26.3 Å². The molecule has 0 radical (unpaired) electrons. The van der Waals surface area contributed by atoms with Crippen LogP contribution >= 0.6 is 0 Å². The SMILES string of the molecule is C.CCOC(C)(C)C(C)=O. The average molecular weight is 146 g/mol. The fourth-order valence-electron chi connectivity index (χ4n) is 0.462. The van der Waals surface area contributed by atoms with Crippen molar-refractivity contribution < 1.29 is 9.53 Å². The third-order valence-electron chi connectivity index (χ3n) is 1.35. The minimum Gasteiger partial charge on any atom is -0.368 e. The van der Waals surface area contributed by atoms with Gasteiger partial charge in [-0.1, -0.05) is 7.43 Å². The summed E-state index contributed by atoms with van der Waals surface area (Å²) in [5.41, 5.74) is -0.589. The first-order chi connectivity index (χ1) is 4.00. The van der Waals surface area contributed by atoms with Crippen LogP contribution in [0, 0.1) is 0 Å². The van der Waals surface area contributed by atoms with Gasteiger partial charge in [-0.05, 0) is 27.7 Å². The van der Waals surface area contributed by atoms with Crippen LogP contribution in [0.25, 0.3) is 0 Å². The highest BCUT2D eigenvalue weighted by Crippen LogP contribution is 2.08. The molecule has 0 spiro atoms. The summed E-state index contributed by atoms with van der Waals surface area (Å²) in [6.07, 6.45) is 0. The van der Waals surface area contributed by atoms with Gasteiger partial charge in [-0.25, -0.2) is 0 Å². The molecule has 10 heavy (non-hydrogen) atoms. The molecule has 0 aliphatic heterocycles. The van der Waals surface area contributed by atoms with Gasteiger partial charge >= 0.3 is 0 Å². The molecule has 0 fully saturated rings. The molecule has 0 aliphatic carbocycles. The maximum absolute atomic E-state index is 10.7. The van der Waals surface area contributed by atoms with Crippen LogP contribution in [0.15, 0.2) is 0 Å². The van der Waals surface area contributed by atoms with Gasteiger partial charge in [0.15, 0.2) is 5.78 Å². The van der Waals surface area contributed by atoms with Gasteiger partial charge < -0.3 is 4.74 Å². The van der Waals surface area contributed by atoms with E-state index in [1.165, 1.54) is 6.92 Å². The van der Waals surface area contributed by atoms with Crippen molar-refractivity contribution in [3.05, 3.63) is 0 Å². The lowest BCUT2D eigenvalue weighted by molar-refractivity contribution is -0.137.